The minimum Gasteiger partial charge on any atom is -0.352 e. The van der Waals surface area contributed by atoms with Gasteiger partial charge < -0.3 is 14.8 Å². The summed E-state index contributed by atoms with van der Waals surface area (Å²) in [5.74, 6) is 0. The van der Waals surface area contributed by atoms with Crippen LogP contribution in [0.4, 0.5) is 0 Å². The standard InChI is InChI=1S/C21H22N4S/c1-2-24-14-8-12-18(24)20-19(17-11-6-7-13-22-17)23-21(26)25(20)15-16-9-4-3-5-10-16/h3-14,19-20H,2,15H2,1H3,(H,23,26)/t19-,20-/m1/s1. The Labute approximate surface area is 159 Å². The van der Waals surface area contributed by atoms with Crippen molar-refractivity contribution in [2.75, 3.05) is 0 Å². The summed E-state index contributed by atoms with van der Waals surface area (Å²) in [4.78, 5) is 6.88. The highest BCUT2D eigenvalue weighted by atomic mass is 32.1. The van der Waals surface area contributed by atoms with Crippen LogP contribution in [0.5, 0.6) is 0 Å². The lowest BCUT2D eigenvalue weighted by Crippen LogP contribution is -2.30. The van der Waals surface area contributed by atoms with E-state index in [2.05, 4.69) is 75.4 Å². The fraction of sp³-hybridized carbons (Fsp3) is 0.238. The molecule has 0 bridgehead atoms. The summed E-state index contributed by atoms with van der Waals surface area (Å²) in [6.07, 6.45) is 3.97. The van der Waals surface area contributed by atoms with Crippen molar-refractivity contribution in [1.82, 2.24) is 19.8 Å². The number of aryl methyl sites for hydroxylation is 1. The summed E-state index contributed by atoms with van der Waals surface area (Å²) >= 11 is 5.72. The lowest BCUT2D eigenvalue weighted by Gasteiger charge is -2.28. The number of benzene rings is 1. The molecule has 0 unspecified atom stereocenters. The van der Waals surface area contributed by atoms with Crippen molar-refractivity contribution in [1.29, 1.82) is 0 Å². The molecule has 1 aliphatic rings. The summed E-state index contributed by atoms with van der Waals surface area (Å²) in [6, 6.07) is 21.0. The summed E-state index contributed by atoms with van der Waals surface area (Å²) in [7, 11) is 0. The molecular formula is C21H22N4S. The van der Waals surface area contributed by atoms with Gasteiger partial charge in [0.2, 0.25) is 0 Å². The topological polar surface area (TPSA) is 33.1 Å². The fourth-order valence-electron chi connectivity index (χ4n) is 3.66. The quantitative estimate of drug-likeness (QED) is 0.694. The number of nitrogens with zero attached hydrogens (tertiary/aromatic N) is 3. The van der Waals surface area contributed by atoms with Gasteiger partial charge in [-0.25, -0.2) is 0 Å². The smallest absolute Gasteiger partial charge is 0.170 e. The fourth-order valence-corrected chi connectivity index (χ4v) is 3.97. The number of hydrogen-bond donors (Lipinski definition) is 1. The Kier molecular flexibility index (Phi) is 4.71. The summed E-state index contributed by atoms with van der Waals surface area (Å²) < 4.78 is 2.29. The maximum atomic E-state index is 5.72. The maximum Gasteiger partial charge on any atom is 0.170 e. The summed E-state index contributed by atoms with van der Waals surface area (Å²) in [5, 5.41) is 4.29. The van der Waals surface area contributed by atoms with Crippen molar-refractivity contribution in [3.8, 4) is 0 Å². The van der Waals surface area contributed by atoms with Gasteiger partial charge in [-0.05, 0) is 49.0 Å². The average molecular weight is 363 g/mol. The first kappa shape index (κ1) is 16.8. The van der Waals surface area contributed by atoms with Gasteiger partial charge in [0.1, 0.15) is 0 Å². The number of rotatable bonds is 5. The predicted molar refractivity (Wildman–Crippen MR) is 108 cm³/mol. The zero-order valence-electron chi connectivity index (χ0n) is 14.7. The van der Waals surface area contributed by atoms with Crippen LogP contribution in [0.15, 0.2) is 73.1 Å². The van der Waals surface area contributed by atoms with Crippen LogP contribution < -0.4 is 5.32 Å². The third-order valence-corrected chi connectivity index (χ3v) is 5.25. The van der Waals surface area contributed by atoms with E-state index in [-0.39, 0.29) is 12.1 Å². The Balaban J connectivity index is 1.75. The van der Waals surface area contributed by atoms with Crippen LogP contribution in [-0.4, -0.2) is 19.6 Å². The lowest BCUT2D eigenvalue weighted by atomic mass is 10.0. The van der Waals surface area contributed by atoms with Crippen molar-refractivity contribution in [2.45, 2.75) is 32.1 Å². The molecule has 1 aromatic carbocycles. The third kappa shape index (κ3) is 3.10. The third-order valence-electron chi connectivity index (χ3n) is 4.90. The molecule has 1 saturated heterocycles. The molecule has 0 spiro atoms. The molecule has 3 heterocycles. The number of nitrogens with one attached hydrogen (secondary N) is 1. The molecule has 0 aliphatic carbocycles. The van der Waals surface area contributed by atoms with Gasteiger partial charge in [-0.1, -0.05) is 36.4 Å². The lowest BCUT2D eigenvalue weighted by molar-refractivity contribution is 0.297. The molecule has 4 nitrogen and oxygen atoms in total. The molecule has 1 aliphatic heterocycles. The van der Waals surface area contributed by atoms with E-state index in [0.29, 0.717) is 0 Å². The Morgan fingerprint density at radius 1 is 1.04 bits per heavy atom. The molecule has 1 N–H and O–H groups in total. The van der Waals surface area contributed by atoms with Gasteiger partial charge in [-0.3, -0.25) is 4.98 Å². The Bertz CT molecular complexity index is 875. The van der Waals surface area contributed by atoms with E-state index in [4.69, 9.17) is 12.2 Å². The van der Waals surface area contributed by atoms with E-state index >= 15 is 0 Å². The highest BCUT2D eigenvalue weighted by Crippen LogP contribution is 2.39. The number of hydrogen-bond acceptors (Lipinski definition) is 2. The molecule has 0 saturated carbocycles. The maximum absolute atomic E-state index is 5.72. The van der Waals surface area contributed by atoms with Crippen molar-refractivity contribution in [3.05, 3.63) is 90.0 Å². The average Bonchev–Trinajstić information content (AvgIpc) is 3.28. The highest BCUT2D eigenvalue weighted by Gasteiger charge is 2.40. The number of aromatic nitrogens is 2. The van der Waals surface area contributed by atoms with Crippen molar-refractivity contribution in [3.63, 3.8) is 0 Å². The number of thiocarbonyl (C=S) groups is 1. The highest BCUT2D eigenvalue weighted by molar-refractivity contribution is 7.80. The molecule has 0 amide bonds. The zero-order valence-corrected chi connectivity index (χ0v) is 15.6. The predicted octanol–water partition coefficient (Wildman–Crippen LogP) is 4.08. The number of pyridine rings is 1. The first-order chi connectivity index (χ1) is 12.8. The van der Waals surface area contributed by atoms with Crippen LogP contribution in [0, 0.1) is 0 Å². The molecule has 5 heteroatoms. The zero-order chi connectivity index (χ0) is 17.9. The molecule has 26 heavy (non-hydrogen) atoms. The van der Waals surface area contributed by atoms with E-state index < -0.39 is 0 Å². The van der Waals surface area contributed by atoms with Crippen LogP contribution >= 0.6 is 12.2 Å². The second-order valence-corrected chi connectivity index (χ2v) is 6.85. The van der Waals surface area contributed by atoms with Crippen LogP contribution in [0.25, 0.3) is 0 Å². The van der Waals surface area contributed by atoms with Crippen molar-refractivity contribution in [2.24, 2.45) is 0 Å². The second-order valence-electron chi connectivity index (χ2n) is 6.46. The molecule has 1 fully saturated rings. The summed E-state index contributed by atoms with van der Waals surface area (Å²) in [6.45, 7) is 3.87. The van der Waals surface area contributed by atoms with Crippen LogP contribution in [0.2, 0.25) is 0 Å². The first-order valence-corrected chi connectivity index (χ1v) is 9.35. The van der Waals surface area contributed by atoms with E-state index in [0.717, 1.165) is 23.9 Å². The molecule has 132 valence electrons. The molecular weight excluding hydrogens is 340 g/mol. The molecule has 0 radical (unpaired) electrons. The Morgan fingerprint density at radius 3 is 2.58 bits per heavy atom. The largest absolute Gasteiger partial charge is 0.352 e. The minimum absolute atomic E-state index is 0.0348. The Hall–Kier alpha value is -2.66. The van der Waals surface area contributed by atoms with E-state index in [1.165, 1.54) is 11.3 Å². The minimum atomic E-state index is 0.0348. The monoisotopic (exact) mass is 362 g/mol. The van der Waals surface area contributed by atoms with Gasteiger partial charge in [0.15, 0.2) is 5.11 Å². The van der Waals surface area contributed by atoms with Gasteiger partial charge in [0.05, 0.1) is 17.8 Å². The van der Waals surface area contributed by atoms with Crippen molar-refractivity contribution < 1.29 is 0 Å². The molecule has 2 atom stereocenters. The van der Waals surface area contributed by atoms with Crippen molar-refractivity contribution >= 4 is 17.3 Å². The molecule has 4 rings (SSSR count). The van der Waals surface area contributed by atoms with E-state index in [9.17, 15) is 0 Å². The summed E-state index contributed by atoms with van der Waals surface area (Å²) in [5.41, 5.74) is 3.52. The SMILES string of the molecule is CCn1cccc1[C@@H]1[C@@H](c2ccccn2)NC(=S)N1Cc1ccccc1. The van der Waals surface area contributed by atoms with Crippen LogP contribution in [0.1, 0.15) is 36.0 Å². The van der Waals surface area contributed by atoms with E-state index in [1.807, 2.05) is 24.4 Å². The molecule has 2 aromatic heterocycles. The van der Waals surface area contributed by atoms with Gasteiger partial charge in [0, 0.05) is 31.2 Å². The molecule has 3 aromatic rings. The van der Waals surface area contributed by atoms with Crippen LogP contribution in [-0.2, 0) is 13.1 Å². The van der Waals surface area contributed by atoms with Gasteiger partial charge in [0.25, 0.3) is 0 Å². The Morgan fingerprint density at radius 2 is 1.85 bits per heavy atom. The normalized spacial score (nSPS) is 19.6. The first-order valence-electron chi connectivity index (χ1n) is 8.95. The van der Waals surface area contributed by atoms with Gasteiger partial charge >= 0.3 is 0 Å². The van der Waals surface area contributed by atoms with Crippen LogP contribution in [0.3, 0.4) is 0 Å². The van der Waals surface area contributed by atoms with Gasteiger partial charge in [-0.15, -0.1) is 0 Å². The van der Waals surface area contributed by atoms with E-state index in [1.54, 1.807) is 0 Å². The second kappa shape index (κ2) is 7.30. The van der Waals surface area contributed by atoms with Gasteiger partial charge in [-0.2, -0.15) is 0 Å².